The van der Waals surface area contributed by atoms with Gasteiger partial charge in [-0.1, -0.05) is 33.6 Å². The summed E-state index contributed by atoms with van der Waals surface area (Å²) in [7, 11) is -1.68. The molecule has 0 bridgehead atoms. The van der Waals surface area contributed by atoms with Crippen molar-refractivity contribution in [1.82, 2.24) is 0 Å². The minimum absolute atomic E-state index is 0.260. The average Bonchev–Trinajstić information content (AvgIpc) is 2.19. The summed E-state index contributed by atoms with van der Waals surface area (Å²) < 4.78 is 6.49. The lowest BCUT2D eigenvalue weighted by molar-refractivity contribution is -0.109. The van der Waals surface area contributed by atoms with Gasteiger partial charge in [0.25, 0.3) is 0 Å². The second kappa shape index (κ2) is 5.66. The summed E-state index contributed by atoms with van der Waals surface area (Å²) in [4.78, 5) is 10.7. The Morgan fingerprint density at radius 1 is 1.24 bits per heavy atom. The summed E-state index contributed by atoms with van der Waals surface area (Å²) in [5, 5.41) is 0.260. The minimum atomic E-state index is -1.68. The molecule has 0 radical (unpaired) electrons. The van der Waals surface area contributed by atoms with Crippen molar-refractivity contribution in [1.29, 1.82) is 0 Å². The highest BCUT2D eigenvalue weighted by atomic mass is 28.4. The topological polar surface area (TPSA) is 26.3 Å². The Morgan fingerprint density at radius 2 is 1.82 bits per heavy atom. The van der Waals surface area contributed by atoms with Crippen LogP contribution >= 0.6 is 0 Å². The number of aldehydes is 1. The molecule has 0 aromatic rings. The van der Waals surface area contributed by atoms with Gasteiger partial charge in [-0.05, 0) is 36.9 Å². The zero-order valence-electron chi connectivity index (χ0n) is 12.1. The molecule has 0 N–H and O–H groups in total. The molecule has 2 atom stereocenters. The van der Waals surface area contributed by atoms with Crippen LogP contribution in [0, 0.1) is 5.92 Å². The van der Waals surface area contributed by atoms with Crippen LogP contribution in [-0.4, -0.2) is 20.7 Å². The van der Waals surface area contributed by atoms with E-state index in [1.165, 1.54) is 12.8 Å². The lowest BCUT2D eigenvalue weighted by atomic mass is 9.85. The molecular formula is C14H28O2Si. The summed E-state index contributed by atoms with van der Waals surface area (Å²) in [5.41, 5.74) is 0. The van der Waals surface area contributed by atoms with Crippen molar-refractivity contribution >= 4 is 14.6 Å². The maximum Gasteiger partial charge on any atom is 0.192 e. The van der Waals surface area contributed by atoms with E-state index in [-0.39, 0.29) is 5.04 Å². The quantitative estimate of drug-likeness (QED) is 0.558. The summed E-state index contributed by atoms with van der Waals surface area (Å²) in [6.45, 7) is 11.4. The largest absolute Gasteiger partial charge is 0.414 e. The normalized spacial score (nSPS) is 26.9. The van der Waals surface area contributed by atoms with Crippen molar-refractivity contribution in [3.63, 3.8) is 0 Å². The highest BCUT2D eigenvalue weighted by molar-refractivity contribution is 6.74. The van der Waals surface area contributed by atoms with E-state index in [2.05, 4.69) is 33.9 Å². The van der Waals surface area contributed by atoms with Gasteiger partial charge in [-0.25, -0.2) is 0 Å². The van der Waals surface area contributed by atoms with E-state index in [0.29, 0.717) is 18.4 Å². The molecule has 0 spiro atoms. The van der Waals surface area contributed by atoms with E-state index in [0.717, 1.165) is 19.1 Å². The molecule has 0 amide bonds. The van der Waals surface area contributed by atoms with Crippen LogP contribution in [0.2, 0.25) is 18.1 Å². The SMILES string of the molecule is CC(C)(C)[Si](C)(C)O[C@@H]1CCCC[C@H]1CC=O. The van der Waals surface area contributed by atoms with E-state index in [1.54, 1.807) is 0 Å². The van der Waals surface area contributed by atoms with E-state index in [1.807, 2.05) is 0 Å². The third-order valence-electron chi connectivity index (χ3n) is 4.49. The van der Waals surface area contributed by atoms with Gasteiger partial charge in [-0.15, -0.1) is 0 Å². The van der Waals surface area contributed by atoms with Gasteiger partial charge in [0.1, 0.15) is 6.29 Å². The smallest absolute Gasteiger partial charge is 0.192 e. The molecule has 100 valence electrons. The van der Waals surface area contributed by atoms with Gasteiger partial charge in [0.05, 0.1) is 0 Å². The van der Waals surface area contributed by atoms with Crippen molar-refractivity contribution < 1.29 is 9.22 Å². The predicted octanol–water partition coefficient (Wildman–Crippen LogP) is 4.16. The number of carbonyl (C=O) groups excluding carboxylic acids is 1. The molecule has 0 aromatic carbocycles. The van der Waals surface area contributed by atoms with Crippen molar-refractivity contribution in [2.75, 3.05) is 0 Å². The molecule has 1 saturated carbocycles. The van der Waals surface area contributed by atoms with E-state index >= 15 is 0 Å². The van der Waals surface area contributed by atoms with Gasteiger partial charge in [0, 0.05) is 12.5 Å². The van der Waals surface area contributed by atoms with Crippen molar-refractivity contribution in [2.45, 2.75) is 77.1 Å². The molecule has 1 fully saturated rings. The van der Waals surface area contributed by atoms with Crippen LogP contribution in [0.25, 0.3) is 0 Å². The maximum atomic E-state index is 10.7. The van der Waals surface area contributed by atoms with Gasteiger partial charge in [-0.2, -0.15) is 0 Å². The van der Waals surface area contributed by atoms with Crippen molar-refractivity contribution in [3.8, 4) is 0 Å². The molecule has 0 unspecified atom stereocenters. The molecule has 0 heterocycles. The van der Waals surface area contributed by atoms with Crippen LogP contribution in [-0.2, 0) is 9.22 Å². The van der Waals surface area contributed by atoms with Gasteiger partial charge < -0.3 is 9.22 Å². The fraction of sp³-hybridized carbons (Fsp3) is 0.929. The Bertz CT molecular complexity index is 255. The molecule has 0 saturated heterocycles. The third-order valence-corrected chi connectivity index (χ3v) is 8.99. The van der Waals surface area contributed by atoms with Crippen LogP contribution < -0.4 is 0 Å². The Hall–Kier alpha value is -0.153. The fourth-order valence-corrected chi connectivity index (χ4v) is 3.70. The number of hydrogen-bond acceptors (Lipinski definition) is 2. The Balaban J connectivity index is 2.67. The van der Waals surface area contributed by atoms with Crippen LogP contribution in [0.4, 0.5) is 0 Å². The second-order valence-corrected chi connectivity index (χ2v) is 11.6. The van der Waals surface area contributed by atoms with Gasteiger partial charge in [0.2, 0.25) is 0 Å². The highest BCUT2D eigenvalue weighted by Gasteiger charge is 2.41. The summed E-state index contributed by atoms with van der Waals surface area (Å²) in [6, 6.07) is 0. The van der Waals surface area contributed by atoms with Crippen LogP contribution in [0.15, 0.2) is 0 Å². The Morgan fingerprint density at radius 3 is 2.35 bits per heavy atom. The minimum Gasteiger partial charge on any atom is -0.414 e. The Kier molecular flexibility index (Phi) is 4.96. The number of carbonyl (C=O) groups is 1. The van der Waals surface area contributed by atoms with E-state index in [4.69, 9.17) is 4.43 Å². The lowest BCUT2D eigenvalue weighted by Gasteiger charge is -2.42. The molecule has 2 nitrogen and oxygen atoms in total. The van der Waals surface area contributed by atoms with Crippen molar-refractivity contribution in [3.05, 3.63) is 0 Å². The lowest BCUT2D eigenvalue weighted by Crippen LogP contribution is -2.46. The zero-order chi connectivity index (χ0) is 13.1. The summed E-state index contributed by atoms with van der Waals surface area (Å²) >= 11 is 0. The molecule has 17 heavy (non-hydrogen) atoms. The Labute approximate surface area is 107 Å². The highest BCUT2D eigenvalue weighted by Crippen LogP contribution is 2.40. The van der Waals surface area contributed by atoms with Gasteiger partial charge >= 0.3 is 0 Å². The second-order valence-electron chi connectivity index (χ2n) is 6.86. The third kappa shape index (κ3) is 3.92. The number of rotatable bonds is 4. The van der Waals surface area contributed by atoms with Gasteiger partial charge in [0.15, 0.2) is 8.32 Å². The van der Waals surface area contributed by atoms with Crippen molar-refractivity contribution in [2.24, 2.45) is 5.92 Å². The molecular weight excluding hydrogens is 228 g/mol. The first-order chi connectivity index (χ1) is 7.78. The first kappa shape index (κ1) is 14.9. The fourth-order valence-electron chi connectivity index (χ4n) is 2.28. The van der Waals surface area contributed by atoms with Crippen LogP contribution in [0.1, 0.15) is 52.9 Å². The van der Waals surface area contributed by atoms with Crippen LogP contribution in [0.5, 0.6) is 0 Å². The summed E-state index contributed by atoms with van der Waals surface area (Å²) in [6.07, 6.45) is 6.90. The molecule has 1 aliphatic rings. The molecule has 1 aliphatic carbocycles. The summed E-state index contributed by atoms with van der Waals surface area (Å²) in [5.74, 6) is 0.468. The molecule has 3 heteroatoms. The maximum absolute atomic E-state index is 10.7. The molecule has 1 rings (SSSR count). The van der Waals surface area contributed by atoms with E-state index in [9.17, 15) is 4.79 Å². The first-order valence-corrected chi connectivity index (χ1v) is 9.80. The first-order valence-electron chi connectivity index (χ1n) is 6.89. The van der Waals surface area contributed by atoms with E-state index < -0.39 is 8.32 Å². The van der Waals surface area contributed by atoms with Gasteiger partial charge in [-0.3, -0.25) is 0 Å². The monoisotopic (exact) mass is 256 g/mol. The average molecular weight is 256 g/mol. The predicted molar refractivity (Wildman–Crippen MR) is 74.7 cm³/mol. The van der Waals surface area contributed by atoms with Crippen LogP contribution in [0.3, 0.4) is 0 Å². The molecule has 0 aliphatic heterocycles. The molecule has 0 aromatic heterocycles. The standard InChI is InChI=1S/C14H28O2Si/c1-14(2,3)17(4,5)16-13-9-7-6-8-12(13)10-11-15/h11-13H,6-10H2,1-5H3/t12-,13+/m0/s1. The number of hydrogen-bond donors (Lipinski definition) is 0. The zero-order valence-corrected chi connectivity index (χ0v) is 13.1.